The number of hydrogen-bond acceptors (Lipinski definition) is 6. The van der Waals surface area contributed by atoms with Gasteiger partial charge >= 0.3 is 0 Å². The Labute approximate surface area is 223 Å². The third-order valence-electron chi connectivity index (χ3n) is 6.16. The van der Waals surface area contributed by atoms with Gasteiger partial charge < -0.3 is 19.7 Å². The molecule has 4 aromatic carbocycles. The molecule has 0 spiro atoms. The molecule has 1 heterocycles. The molecule has 1 saturated heterocycles. The van der Waals surface area contributed by atoms with Gasteiger partial charge in [-0.3, -0.25) is 14.5 Å². The summed E-state index contributed by atoms with van der Waals surface area (Å²) in [6.45, 7) is 0. The SMILES string of the molecule is COc1ccc(/C(O)=C2\C(=O)C(=O)N(c3ccccc3O)C2c2cccc(Oc3ccccc3)c2)cc1Cl. The van der Waals surface area contributed by atoms with Gasteiger partial charge in [0.2, 0.25) is 0 Å². The summed E-state index contributed by atoms with van der Waals surface area (Å²) in [6.07, 6.45) is 0. The van der Waals surface area contributed by atoms with E-state index < -0.39 is 23.5 Å². The molecule has 190 valence electrons. The highest BCUT2D eigenvalue weighted by Gasteiger charge is 2.47. The Morgan fingerprint density at radius 2 is 1.58 bits per heavy atom. The highest BCUT2D eigenvalue weighted by atomic mass is 35.5. The second-order valence-electron chi connectivity index (χ2n) is 8.49. The summed E-state index contributed by atoms with van der Waals surface area (Å²) in [6, 6.07) is 25.7. The lowest BCUT2D eigenvalue weighted by atomic mass is 9.95. The number of halogens is 1. The van der Waals surface area contributed by atoms with Crippen molar-refractivity contribution in [3.8, 4) is 23.0 Å². The Hall–Kier alpha value is -4.75. The third-order valence-corrected chi connectivity index (χ3v) is 6.46. The van der Waals surface area contributed by atoms with E-state index in [9.17, 15) is 19.8 Å². The maximum Gasteiger partial charge on any atom is 0.300 e. The van der Waals surface area contributed by atoms with Gasteiger partial charge in [0.1, 0.15) is 28.8 Å². The number of carbonyl (C=O) groups excluding carboxylic acids is 2. The molecular weight excluding hydrogens is 506 g/mol. The van der Waals surface area contributed by atoms with Crippen LogP contribution in [0.15, 0.2) is 103 Å². The van der Waals surface area contributed by atoms with Crippen LogP contribution in [0.1, 0.15) is 17.2 Å². The number of aliphatic hydroxyl groups is 1. The van der Waals surface area contributed by atoms with Crippen molar-refractivity contribution in [3.05, 3.63) is 119 Å². The Morgan fingerprint density at radius 3 is 2.29 bits per heavy atom. The smallest absolute Gasteiger partial charge is 0.300 e. The molecule has 2 N–H and O–H groups in total. The van der Waals surface area contributed by atoms with Gasteiger partial charge in [-0.15, -0.1) is 0 Å². The zero-order chi connectivity index (χ0) is 26.8. The van der Waals surface area contributed by atoms with Gasteiger partial charge in [-0.05, 0) is 60.2 Å². The standard InChI is InChI=1S/C30H22ClNO6/c1-37-25-15-14-19(17-22(25)31)28(34)26-27(32(30(36)29(26)35)23-12-5-6-13-24(23)33)18-8-7-11-21(16-18)38-20-9-3-2-4-10-20/h2-17,27,33-34H,1H3/b28-26+. The predicted octanol–water partition coefficient (Wildman–Crippen LogP) is 6.47. The number of phenolic OH excluding ortho intramolecular Hbond substituents is 1. The van der Waals surface area contributed by atoms with E-state index in [1.807, 2.05) is 18.2 Å². The molecule has 0 aliphatic carbocycles. The van der Waals surface area contributed by atoms with Crippen LogP contribution in [0.2, 0.25) is 5.02 Å². The molecule has 38 heavy (non-hydrogen) atoms. The molecule has 0 radical (unpaired) electrons. The Morgan fingerprint density at radius 1 is 0.868 bits per heavy atom. The molecule has 0 saturated carbocycles. The Kier molecular flexibility index (Phi) is 6.77. The van der Waals surface area contributed by atoms with Crippen molar-refractivity contribution in [2.75, 3.05) is 12.0 Å². The lowest BCUT2D eigenvalue weighted by Gasteiger charge is -2.26. The fourth-order valence-corrected chi connectivity index (χ4v) is 4.66. The number of phenols is 1. The second-order valence-corrected chi connectivity index (χ2v) is 8.90. The largest absolute Gasteiger partial charge is 0.507 e. The molecule has 1 aliphatic heterocycles. The minimum atomic E-state index is -1.07. The van der Waals surface area contributed by atoms with E-state index in [0.29, 0.717) is 22.8 Å². The molecule has 1 amide bonds. The minimum absolute atomic E-state index is 0.126. The summed E-state index contributed by atoms with van der Waals surface area (Å²) in [5.41, 5.74) is 0.687. The van der Waals surface area contributed by atoms with E-state index in [-0.39, 0.29) is 27.6 Å². The van der Waals surface area contributed by atoms with Gasteiger partial charge in [0, 0.05) is 5.56 Å². The third kappa shape index (κ3) is 4.55. The average Bonchev–Trinajstić information content (AvgIpc) is 3.19. The number of ketones is 1. The van der Waals surface area contributed by atoms with E-state index in [1.54, 1.807) is 60.7 Å². The van der Waals surface area contributed by atoms with Gasteiger partial charge in [-0.1, -0.05) is 54.1 Å². The molecule has 1 fully saturated rings. The first-order chi connectivity index (χ1) is 18.4. The van der Waals surface area contributed by atoms with Crippen LogP contribution in [-0.4, -0.2) is 29.0 Å². The molecule has 4 aromatic rings. The van der Waals surface area contributed by atoms with Crippen molar-refractivity contribution in [2.24, 2.45) is 0 Å². The monoisotopic (exact) mass is 527 g/mol. The van der Waals surface area contributed by atoms with Gasteiger partial charge in [0.05, 0.1) is 29.4 Å². The van der Waals surface area contributed by atoms with Crippen LogP contribution in [0.3, 0.4) is 0 Å². The van der Waals surface area contributed by atoms with E-state index in [4.69, 9.17) is 21.1 Å². The quantitative estimate of drug-likeness (QED) is 0.169. The van der Waals surface area contributed by atoms with Crippen LogP contribution in [0.25, 0.3) is 5.76 Å². The van der Waals surface area contributed by atoms with Crippen LogP contribution in [0.5, 0.6) is 23.0 Å². The lowest BCUT2D eigenvalue weighted by Crippen LogP contribution is -2.29. The molecule has 1 atom stereocenters. The second kappa shape index (κ2) is 10.3. The normalized spacial score (nSPS) is 16.5. The number of rotatable bonds is 6. The number of amides is 1. The molecule has 0 aromatic heterocycles. The van der Waals surface area contributed by atoms with E-state index >= 15 is 0 Å². The predicted molar refractivity (Wildman–Crippen MR) is 144 cm³/mol. The maximum absolute atomic E-state index is 13.4. The molecule has 1 aliphatic rings. The van der Waals surface area contributed by atoms with E-state index in [2.05, 4.69) is 0 Å². The Bertz CT molecular complexity index is 1570. The van der Waals surface area contributed by atoms with Gasteiger partial charge in [-0.25, -0.2) is 0 Å². The van der Waals surface area contributed by atoms with Crippen molar-refractivity contribution in [1.29, 1.82) is 0 Å². The maximum atomic E-state index is 13.4. The Balaban J connectivity index is 1.68. The van der Waals surface area contributed by atoms with E-state index in [1.165, 1.54) is 30.2 Å². The van der Waals surface area contributed by atoms with Crippen LogP contribution >= 0.6 is 11.6 Å². The number of hydrogen-bond donors (Lipinski definition) is 2. The zero-order valence-electron chi connectivity index (χ0n) is 20.2. The summed E-state index contributed by atoms with van der Waals surface area (Å²) in [7, 11) is 1.46. The highest BCUT2D eigenvalue weighted by molar-refractivity contribution is 6.52. The van der Waals surface area contributed by atoms with Crippen molar-refractivity contribution in [1.82, 2.24) is 0 Å². The van der Waals surface area contributed by atoms with Crippen molar-refractivity contribution < 1.29 is 29.3 Å². The van der Waals surface area contributed by atoms with E-state index in [0.717, 1.165) is 0 Å². The summed E-state index contributed by atoms with van der Waals surface area (Å²) >= 11 is 6.27. The summed E-state index contributed by atoms with van der Waals surface area (Å²) in [4.78, 5) is 28.0. The molecular formula is C30H22ClNO6. The number of nitrogens with zero attached hydrogens (tertiary/aromatic N) is 1. The lowest BCUT2D eigenvalue weighted by molar-refractivity contribution is -0.132. The van der Waals surface area contributed by atoms with Gasteiger partial charge in [-0.2, -0.15) is 0 Å². The molecule has 8 heteroatoms. The van der Waals surface area contributed by atoms with Gasteiger partial charge in [0.15, 0.2) is 0 Å². The number of benzene rings is 4. The minimum Gasteiger partial charge on any atom is -0.507 e. The first-order valence-electron chi connectivity index (χ1n) is 11.6. The number of aromatic hydroxyl groups is 1. The summed E-state index contributed by atoms with van der Waals surface area (Å²) in [5.74, 6) is -0.950. The summed E-state index contributed by atoms with van der Waals surface area (Å²) < 4.78 is 11.2. The number of ether oxygens (including phenoxy) is 2. The summed E-state index contributed by atoms with van der Waals surface area (Å²) in [5, 5.41) is 22.2. The first-order valence-corrected chi connectivity index (χ1v) is 12.0. The van der Waals surface area contributed by atoms with Crippen LogP contribution in [-0.2, 0) is 9.59 Å². The fraction of sp³-hybridized carbons (Fsp3) is 0.0667. The number of anilines is 1. The fourth-order valence-electron chi connectivity index (χ4n) is 4.41. The number of carbonyl (C=O) groups is 2. The number of para-hydroxylation sites is 3. The molecule has 0 bridgehead atoms. The van der Waals surface area contributed by atoms with Crippen molar-refractivity contribution in [3.63, 3.8) is 0 Å². The number of methoxy groups -OCH3 is 1. The zero-order valence-corrected chi connectivity index (χ0v) is 20.9. The van der Waals surface area contributed by atoms with Crippen LogP contribution in [0.4, 0.5) is 5.69 Å². The first kappa shape index (κ1) is 24.9. The van der Waals surface area contributed by atoms with Crippen molar-refractivity contribution in [2.45, 2.75) is 6.04 Å². The molecule has 1 unspecified atom stereocenters. The van der Waals surface area contributed by atoms with Crippen LogP contribution in [0, 0.1) is 0 Å². The average molecular weight is 528 g/mol. The highest BCUT2D eigenvalue weighted by Crippen LogP contribution is 2.45. The van der Waals surface area contributed by atoms with Crippen molar-refractivity contribution >= 4 is 34.7 Å². The number of Topliss-reactive ketones (excluding diaryl/α,β-unsaturated/α-hetero) is 1. The topological polar surface area (TPSA) is 96.3 Å². The van der Waals surface area contributed by atoms with Gasteiger partial charge in [0.25, 0.3) is 11.7 Å². The molecule has 5 rings (SSSR count). The molecule has 7 nitrogen and oxygen atoms in total. The van der Waals surface area contributed by atoms with Crippen LogP contribution < -0.4 is 14.4 Å². The number of aliphatic hydroxyl groups excluding tert-OH is 1.